The second-order valence-corrected chi connectivity index (χ2v) is 3.06. The van der Waals surface area contributed by atoms with Gasteiger partial charge in [0.1, 0.15) is 11.5 Å². The normalized spacial score (nSPS) is 9.73. The van der Waals surface area contributed by atoms with Crippen LogP contribution >= 0.6 is 11.6 Å². The van der Waals surface area contributed by atoms with Crippen molar-refractivity contribution in [1.29, 1.82) is 0 Å². The van der Waals surface area contributed by atoms with Crippen molar-refractivity contribution >= 4 is 17.6 Å². The SMILES string of the molecule is COc1ccc(CCl)c(OCC(=O)O)c1. The third-order valence-electron chi connectivity index (χ3n) is 1.77. The minimum atomic E-state index is -1.03. The van der Waals surface area contributed by atoms with Crippen LogP contribution in [0.15, 0.2) is 18.2 Å². The van der Waals surface area contributed by atoms with Gasteiger partial charge in [0, 0.05) is 11.6 Å². The van der Waals surface area contributed by atoms with E-state index in [0.717, 1.165) is 5.56 Å². The molecule has 0 atom stereocenters. The number of halogens is 1. The van der Waals surface area contributed by atoms with E-state index in [0.29, 0.717) is 11.5 Å². The summed E-state index contributed by atoms with van der Waals surface area (Å²) in [5, 5.41) is 8.48. The van der Waals surface area contributed by atoms with Crippen molar-refractivity contribution in [1.82, 2.24) is 0 Å². The molecule has 0 saturated heterocycles. The maximum absolute atomic E-state index is 10.3. The average molecular weight is 231 g/mol. The molecule has 0 aromatic heterocycles. The molecule has 0 radical (unpaired) electrons. The van der Waals surface area contributed by atoms with Crippen LogP contribution in [0, 0.1) is 0 Å². The molecule has 1 aromatic rings. The van der Waals surface area contributed by atoms with Crippen LogP contribution < -0.4 is 9.47 Å². The van der Waals surface area contributed by atoms with Gasteiger partial charge < -0.3 is 14.6 Å². The van der Waals surface area contributed by atoms with Gasteiger partial charge in [0.2, 0.25) is 0 Å². The van der Waals surface area contributed by atoms with Crippen molar-refractivity contribution in [3.8, 4) is 11.5 Å². The van der Waals surface area contributed by atoms with Crippen LogP contribution in [0.5, 0.6) is 11.5 Å². The zero-order valence-corrected chi connectivity index (χ0v) is 8.95. The molecular formula is C10H11ClO4. The highest BCUT2D eigenvalue weighted by Gasteiger charge is 2.06. The number of carboxylic acid groups (broad SMARTS) is 1. The predicted molar refractivity (Wildman–Crippen MR) is 55.7 cm³/mol. The zero-order chi connectivity index (χ0) is 11.3. The Morgan fingerprint density at radius 1 is 1.53 bits per heavy atom. The van der Waals surface area contributed by atoms with E-state index in [-0.39, 0.29) is 5.88 Å². The van der Waals surface area contributed by atoms with Gasteiger partial charge in [0.15, 0.2) is 6.61 Å². The van der Waals surface area contributed by atoms with Crippen molar-refractivity contribution in [3.05, 3.63) is 23.8 Å². The van der Waals surface area contributed by atoms with Crippen LogP contribution in [0.3, 0.4) is 0 Å². The topological polar surface area (TPSA) is 55.8 Å². The largest absolute Gasteiger partial charge is 0.497 e. The highest BCUT2D eigenvalue weighted by molar-refractivity contribution is 6.17. The summed E-state index contributed by atoms with van der Waals surface area (Å²) in [5.74, 6) is 0.271. The van der Waals surface area contributed by atoms with Gasteiger partial charge in [-0.05, 0) is 6.07 Å². The molecule has 0 aliphatic rings. The molecule has 0 aliphatic carbocycles. The van der Waals surface area contributed by atoms with Gasteiger partial charge in [-0.25, -0.2) is 4.79 Å². The number of methoxy groups -OCH3 is 1. The summed E-state index contributed by atoms with van der Waals surface area (Å²) in [6.45, 7) is -0.392. The fraction of sp³-hybridized carbons (Fsp3) is 0.300. The van der Waals surface area contributed by atoms with Gasteiger partial charge in [0.25, 0.3) is 0 Å². The van der Waals surface area contributed by atoms with Gasteiger partial charge in [-0.2, -0.15) is 0 Å². The summed E-state index contributed by atoms with van der Waals surface area (Å²) in [5.41, 5.74) is 0.735. The van der Waals surface area contributed by atoms with Crippen molar-refractivity contribution in [2.75, 3.05) is 13.7 Å². The maximum atomic E-state index is 10.3. The minimum Gasteiger partial charge on any atom is -0.497 e. The number of aliphatic carboxylic acids is 1. The van der Waals surface area contributed by atoms with Crippen molar-refractivity contribution in [2.24, 2.45) is 0 Å². The number of hydrogen-bond acceptors (Lipinski definition) is 3. The van der Waals surface area contributed by atoms with Gasteiger partial charge >= 0.3 is 5.97 Å². The molecule has 1 N–H and O–H groups in total. The molecule has 0 heterocycles. The monoisotopic (exact) mass is 230 g/mol. The molecule has 82 valence electrons. The number of carboxylic acids is 1. The Labute approximate surface area is 92.4 Å². The molecule has 15 heavy (non-hydrogen) atoms. The van der Waals surface area contributed by atoms with E-state index >= 15 is 0 Å². The first-order chi connectivity index (χ1) is 7.17. The number of hydrogen-bond donors (Lipinski definition) is 1. The van der Waals surface area contributed by atoms with Crippen LogP contribution in [-0.2, 0) is 10.7 Å². The molecule has 0 bridgehead atoms. The number of alkyl halides is 1. The Kier molecular flexibility index (Phi) is 4.24. The van der Waals surface area contributed by atoms with Crippen LogP contribution in [-0.4, -0.2) is 24.8 Å². The molecule has 0 fully saturated rings. The first-order valence-corrected chi connectivity index (χ1v) is 4.78. The lowest BCUT2D eigenvalue weighted by atomic mass is 10.2. The molecule has 0 saturated carbocycles. The zero-order valence-electron chi connectivity index (χ0n) is 8.20. The summed E-state index contributed by atoms with van der Waals surface area (Å²) >= 11 is 5.67. The van der Waals surface area contributed by atoms with E-state index in [1.54, 1.807) is 18.2 Å². The minimum absolute atomic E-state index is 0.263. The van der Waals surface area contributed by atoms with Crippen molar-refractivity contribution < 1.29 is 19.4 Å². The Balaban J connectivity index is 2.85. The van der Waals surface area contributed by atoms with E-state index in [2.05, 4.69) is 0 Å². The number of carbonyl (C=O) groups is 1. The summed E-state index contributed by atoms with van der Waals surface area (Å²) in [4.78, 5) is 10.3. The lowest BCUT2D eigenvalue weighted by Crippen LogP contribution is -2.10. The second-order valence-electron chi connectivity index (χ2n) is 2.79. The van der Waals surface area contributed by atoms with Crippen LogP contribution in [0.2, 0.25) is 0 Å². The summed E-state index contributed by atoms with van der Waals surface area (Å²) in [7, 11) is 1.52. The molecule has 1 aromatic carbocycles. The summed E-state index contributed by atoms with van der Waals surface area (Å²) < 4.78 is 10.1. The lowest BCUT2D eigenvalue weighted by molar-refractivity contribution is -0.139. The first kappa shape index (κ1) is 11.7. The lowest BCUT2D eigenvalue weighted by Gasteiger charge is -2.09. The van der Waals surface area contributed by atoms with Gasteiger partial charge in [-0.3, -0.25) is 0 Å². The van der Waals surface area contributed by atoms with Crippen LogP contribution in [0.4, 0.5) is 0 Å². The third-order valence-corrected chi connectivity index (χ3v) is 2.06. The molecule has 0 amide bonds. The average Bonchev–Trinajstić information content (AvgIpc) is 2.25. The second kappa shape index (κ2) is 5.46. The molecule has 0 spiro atoms. The molecule has 5 heteroatoms. The number of benzene rings is 1. The maximum Gasteiger partial charge on any atom is 0.341 e. The number of rotatable bonds is 5. The Morgan fingerprint density at radius 3 is 2.80 bits per heavy atom. The third kappa shape index (κ3) is 3.32. The predicted octanol–water partition coefficient (Wildman–Crippen LogP) is 1.90. The van der Waals surface area contributed by atoms with E-state index in [9.17, 15) is 4.79 Å². The van der Waals surface area contributed by atoms with Gasteiger partial charge in [0.05, 0.1) is 13.0 Å². The summed E-state index contributed by atoms with van der Waals surface area (Å²) in [6.07, 6.45) is 0. The van der Waals surface area contributed by atoms with E-state index in [1.165, 1.54) is 7.11 Å². The highest BCUT2D eigenvalue weighted by atomic mass is 35.5. The van der Waals surface area contributed by atoms with Crippen LogP contribution in [0.1, 0.15) is 5.56 Å². The van der Waals surface area contributed by atoms with Crippen molar-refractivity contribution in [3.63, 3.8) is 0 Å². The highest BCUT2D eigenvalue weighted by Crippen LogP contribution is 2.25. The van der Waals surface area contributed by atoms with Gasteiger partial charge in [-0.15, -0.1) is 11.6 Å². The van der Waals surface area contributed by atoms with Crippen LogP contribution in [0.25, 0.3) is 0 Å². The smallest absolute Gasteiger partial charge is 0.341 e. The van der Waals surface area contributed by atoms with E-state index in [1.807, 2.05) is 0 Å². The quantitative estimate of drug-likeness (QED) is 0.785. The standard InChI is InChI=1S/C10H11ClO4/c1-14-8-3-2-7(5-11)9(4-8)15-6-10(12)13/h2-4H,5-6H2,1H3,(H,12,13). The van der Waals surface area contributed by atoms with E-state index in [4.69, 9.17) is 26.2 Å². The summed E-state index contributed by atoms with van der Waals surface area (Å²) in [6, 6.07) is 5.09. The van der Waals surface area contributed by atoms with Crippen molar-refractivity contribution in [2.45, 2.75) is 5.88 Å². The Bertz CT molecular complexity index is 351. The van der Waals surface area contributed by atoms with E-state index < -0.39 is 12.6 Å². The van der Waals surface area contributed by atoms with Gasteiger partial charge in [-0.1, -0.05) is 6.07 Å². The fourth-order valence-corrected chi connectivity index (χ4v) is 1.27. The first-order valence-electron chi connectivity index (χ1n) is 4.25. The molecule has 0 aliphatic heterocycles. The Morgan fingerprint density at radius 2 is 2.27 bits per heavy atom. The fourth-order valence-electron chi connectivity index (χ4n) is 1.05. The molecular weight excluding hydrogens is 220 g/mol. The molecule has 0 unspecified atom stereocenters. The molecule has 4 nitrogen and oxygen atoms in total. The Hall–Kier alpha value is -1.42. The number of ether oxygens (including phenoxy) is 2. The molecule has 1 rings (SSSR count).